The van der Waals surface area contributed by atoms with Gasteiger partial charge in [-0.25, -0.2) is 4.79 Å². The molecule has 1 aliphatic carbocycles. The van der Waals surface area contributed by atoms with Crippen molar-refractivity contribution in [3.05, 3.63) is 17.5 Å². The van der Waals surface area contributed by atoms with Gasteiger partial charge in [-0.05, 0) is 46.1 Å². The summed E-state index contributed by atoms with van der Waals surface area (Å²) in [4.78, 5) is 11.8. The third kappa shape index (κ3) is 3.49. The van der Waals surface area contributed by atoms with E-state index in [0.717, 1.165) is 25.8 Å². The number of carbonyl (C=O) groups excluding carboxylic acids is 1. The quantitative estimate of drug-likeness (QED) is 0.892. The average molecular weight is 265 g/mol. The minimum Gasteiger partial charge on any atom is -0.444 e. The molecule has 0 radical (unpaired) electrons. The van der Waals surface area contributed by atoms with E-state index < -0.39 is 5.60 Å². The number of alkyl carbamates (subject to hydrolysis) is 1. The number of aromatic nitrogens is 2. The number of amides is 1. The number of rotatable bonds is 2. The van der Waals surface area contributed by atoms with Gasteiger partial charge in [0.1, 0.15) is 5.60 Å². The first kappa shape index (κ1) is 13.9. The summed E-state index contributed by atoms with van der Waals surface area (Å²) in [6, 6.07) is 0.143. The second-order valence-electron chi connectivity index (χ2n) is 6.02. The molecule has 0 fully saturated rings. The van der Waals surface area contributed by atoms with Gasteiger partial charge in [0.05, 0.1) is 6.20 Å². The Morgan fingerprint density at radius 1 is 1.58 bits per heavy atom. The van der Waals surface area contributed by atoms with Crippen LogP contribution in [0.25, 0.3) is 0 Å². The van der Waals surface area contributed by atoms with Crippen LogP contribution in [0.5, 0.6) is 0 Å². The maximum absolute atomic E-state index is 11.8. The molecule has 5 heteroatoms. The normalized spacial score (nSPS) is 18.8. The summed E-state index contributed by atoms with van der Waals surface area (Å²) in [5.41, 5.74) is 2.11. The van der Waals surface area contributed by atoms with Crippen molar-refractivity contribution in [2.24, 2.45) is 0 Å². The highest BCUT2D eigenvalue weighted by molar-refractivity contribution is 5.68. The number of hydrogen-bond acceptors (Lipinski definition) is 3. The van der Waals surface area contributed by atoms with Gasteiger partial charge in [0.15, 0.2) is 0 Å². The molecule has 0 aromatic carbocycles. The predicted octanol–water partition coefficient (Wildman–Crippen LogP) is 2.29. The molecule has 1 heterocycles. The van der Waals surface area contributed by atoms with Gasteiger partial charge in [-0.1, -0.05) is 0 Å². The Labute approximate surface area is 114 Å². The van der Waals surface area contributed by atoms with Gasteiger partial charge >= 0.3 is 6.09 Å². The van der Waals surface area contributed by atoms with Crippen molar-refractivity contribution in [1.82, 2.24) is 15.1 Å². The zero-order valence-electron chi connectivity index (χ0n) is 12.2. The molecule has 0 saturated heterocycles. The van der Waals surface area contributed by atoms with Gasteiger partial charge in [0.2, 0.25) is 0 Å². The van der Waals surface area contributed by atoms with Crippen molar-refractivity contribution >= 4 is 6.09 Å². The summed E-state index contributed by atoms with van der Waals surface area (Å²) >= 11 is 0. The minimum absolute atomic E-state index is 0.143. The number of hydrogen-bond donors (Lipinski definition) is 1. The van der Waals surface area contributed by atoms with Crippen LogP contribution in [-0.2, 0) is 24.1 Å². The van der Waals surface area contributed by atoms with Crippen LogP contribution in [0.2, 0.25) is 0 Å². The Bertz CT molecular complexity index is 446. The summed E-state index contributed by atoms with van der Waals surface area (Å²) in [6.45, 7) is 8.57. The molecule has 1 aliphatic rings. The molecule has 2 rings (SSSR count). The number of carbonyl (C=O) groups is 1. The van der Waals surface area contributed by atoms with Crippen molar-refractivity contribution in [3.63, 3.8) is 0 Å². The smallest absolute Gasteiger partial charge is 0.407 e. The van der Waals surface area contributed by atoms with Crippen LogP contribution in [0.4, 0.5) is 4.79 Å². The van der Waals surface area contributed by atoms with E-state index in [0.29, 0.717) is 0 Å². The predicted molar refractivity (Wildman–Crippen MR) is 73.1 cm³/mol. The summed E-state index contributed by atoms with van der Waals surface area (Å²) < 4.78 is 7.31. The minimum atomic E-state index is -0.449. The standard InChI is InChI=1S/C14H23N3O2/c1-5-17-12-8-11(7-6-10(12)9-15-17)16-13(18)19-14(2,3)4/h9,11H,5-8H2,1-4H3,(H,16,18)/t11-/m1/s1. The Balaban J connectivity index is 1.96. The van der Waals surface area contributed by atoms with Crippen molar-refractivity contribution in [2.45, 2.75) is 65.1 Å². The second kappa shape index (κ2) is 5.23. The monoisotopic (exact) mass is 265 g/mol. The lowest BCUT2D eigenvalue weighted by Crippen LogP contribution is -2.42. The first-order valence-electron chi connectivity index (χ1n) is 6.92. The molecule has 0 saturated carbocycles. The number of nitrogens with one attached hydrogen (secondary N) is 1. The Morgan fingerprint density at radius 3 is 2.95 bits per heavy atom. The van der Waals surface area contributed by atoms with Crippen LogP contribution in [0, 0.1) is 0 Å². The van der Waals surface area contributed by atoms with E-state index >= 15 is 0 Å². The summed E-state index contributed by atoms with van der Waals surface area (Å²) in [5, 5.41) is 7.32. The molecule has 5 nitrogen and oxygen atoms in total. The van der Waals surface area contributed by atoms with Crippen LogP contribution in [0.1, 0.15) is 45.4 Å². The number of fused-ring (bicyclic) bond motifs is 1. The Kier molecular flexibility index (Phi) is 3.83. The van der Waals surface area contributed by atoms with Crippen molar-refractivity contribution in [1.29, 1.82) is 0 Å². The zero-order chi connectivity index (χ0) is 14.0. The fourth-order valence-electron chi connectivity index (χ4n) is 2.43. The first-order valence-corrected chi connectivity index (χ1v) is 6.92. The number of nitrogens with zero attached hydrogens (tertiary/aromatic N) is 2. The Hall–Kier alpha value is -1.52. The molecule has 0 bridgehead atoms. The lowest BCUT2D eigenvalue weighted by atomic mass is 9.93. The molecule has 0 spiro atoms. The van der Waals surface area contributed by atoms with Crippen LogP contribution < -0.4 is 5.32 Å². The highest BCUT2D eigenvalue weighted by Gasteiger charge is 2.25. The van der Waals surface area contributed by atoms with Crippen molar-refractivity contribution in [3.8, 4) is 0 Å². The van der Waals surface area contributed by atoms with Crippen LogP contribution in [0.15, 0.2) is 6.20 Å². The third-order valence-corrected chi connectivity index (χ3v) is 3.26. The van der Waals surface area contributed by atoms with E-state index in [4.69, 9.17) is 4.74 Å². The molecule has 1 aromatic rings. The van der Waals surface area contributed by atoms with Gasteiger partial charge < -0.3 is 10.1 Å². The highest BCUT2D eigenvalue weighted by atomic mass is 16.6. The Morgan fingerprint density at radius 2 is 2.32 bits per heavy atom. The van der Waals surface area contributed by atoms with Crippen molar-refractivity contribution in [2.75, 3.05) is 0 Å². The number of aryl methyl sites for hydroxylation is 2. The fraction of sp³-hybridized carbons (Fsp3) is 0.714. The molecule has 0 aliphatic heterocycles. The maximum atomic E-state index is 11.8. The molecule has 1 N–H and O–H groups in total. The van der Waals surface area contributed by atoms with E-state index in [1.54, 1.807) is 0 Å². The van der Waals surface area contributed by atoms with Crippen LogP contribution in [-0.4, -0.2) is 27.5 Å². The van der Waals surface area contributed by atoms with Gasteiger partial charge in [0.25, 0.3) is 0 Å². The molecule has 1 amide bonds. The van der Waals surface area contributed by atoms with E-state index in [1.165, 1.54) is 11.3 Å². The lowest BCUT2D eigenvalue weighted by molar-refractivity contribution is 0.0499. The molecule has 106 valence electrons. The van der Waals surface area contributed by atoms with E-state index in [-0.39, 0.29) is 12.1 Å². The topological polar surface area (TPSA) is 56.2 Å². The van der Waals surface area contributed by atoms with Gasteiger partial charge in [-0.2, -0.15) is 5.10 Å². The van der Waals surface area contributed by atoms with E-state index in [1.807, 2.05) is 31.6 Å². The fourth-order valence-corrected chi connectivity index (χ4v) is 2.43. The summed E-state index contributed by atoms with van der Waals surface area (Å²) in [5.74, 6) is 0. The molecular formula is C14H23N3O2. The van der Waals surface area contributed by atoms with Crippen molar-refractivity contribution < 1.29 is 9.53 Å². The molecule has 1 aromatic heterocycles. The van der Waals surface area contributed by atoms with Crippen LogP contribution in [0.3, 0.4) is 0 Å². The van der Waals surface area contributed by atoms with E-state index in [9.17, 15) is 4.79 Å². The summed E-state index contributed by atoms with van der Waals surface area (Å²) in [6.07, 6.45) is 4.37. The van der Waals surface area contributed by atoms with Gasteiger partial charge in [0, 0.05) is 24.7 Å². The lowest BCUT2D eigenvalue weighted by Gasteiger charge is -2.26. The van der Waals surface area contributed by atoms with Gasteiger partial charge in [-0.15, -0.1) is 0 Å². The SMILES string of the molecule is CCn1ncc2c1C[C@H](NC(=O)OC(C)(C)C)CC2. The maximum Gasteiger partial charge on any atom is 0.407 e. The van der Waals surface area contributed by atoms with Gasteiger partial charge in [-0.3, -0.25) is 4.68 Å². The molecule has 1 atom stereocenters. The molecular weight excluding hydrogens is 242 g/mol. The molecule has 19 heavy (non-hydrogen) atoms. The van der Waals surface area contributed by atoms with Crippen LogP contribution >= 0.6 is 0 Å². The zero-order valence-corrected chi connectivity index (χ0v) is 12.2. The summed E-state index contributed by atoms with van der Waals surface area (Å²) in [7, 11) is 0. The molecule has 0 unspecified atom stereocenters. The van der Waals surface area contributed by atoms with E-state index in [2.05, 4.69) is 17.3 Å². The first-order chi connectivity index (χ1) is 8.89. The number of ether oxygens (including phenoxy) is 1. The second-order valence-corrected chi connectivity index (χ2v) is 6.02. The largest absolute Gasteiger partial charge is 0.444 e. The third-order valence-electron chi connectivity index (χ3n) is 3.26. The average Bonchev–Trinajstić information content (AvgIpc) is 2.68. The highest BCUT2D eigenvalue weighted by Crippen LogP contribution is 2.21.